The summed E-state index contributed by atoms with van der Waals surface area (Å²) >= 11 is 3.15. The van der Waals surface area contributed by atoms with Gasteiger partial charge in [-0.15, -0.1) is 0 Å². The first kappa shape index (κ1) is 22.0. The van der Waals surface area contributed by atoms with Gasteiger partial charge in [0.1, 0.15) is 11.5 Å². The number of fused-ring (bicyclic) bond motifs is 1. The molecule has 0 aliphatic carbocycles. The van der Waals surface area contributed by atoms with Crippen molar-refractivity contribution in [1.82, 2.24) is 4.57 Å². The van der Waals surface area contributed by atoms with Crippen molar-refractivity contribution >= 4 is 39.2 Å². The van der Waals surface area contributed by atoms with E-state index in [2.05, 4.69) is 4.99 Å². The van der Waals surface area contributed by atoms with Gasteiger partial charge >= 0.3 is 0 Å². The molecule has 0 fully saturated rings. The second kappa shape index (κ2) is 9.90. The summed E-state index contributed by atoms with van der Waals surface area (Å²) in [7, 11) is 6.28. The summed E-state index contributed by atoms with van der Waals surface area (Å²) in [6.45, 7) is 0.706. The van der Waals surface area contributed by atoms with E-state index in [1.165, 1.54) is 18.4 Å². The van der Waals surface area contributed by atoms with Crippen molar-refractivity contribution in [1.29, 1.82) is 0 Å². The van der Waals surface area contributed by atoms with Crippen molar-refractivity contribution in [2.24, 2.45) is 4.99 Å². The molecule has 3 rings (SSSR count). The van der Waals surface area contributed by atoms with Gasteiger partial charge in [0.05, 0.1) is 44.2 Å². The molecule has 0 aliphatic heterocycles. The Kier molecular flexibility index (Phi) is 7.28. The molecule has 0 aliphatic rings. The Morgan fingerprint density at radius 3 is 2.33 bits per heavy atom. The zero-order chi connectivity index (χ0) is 21.7. The zero-order valence-corrected chi connectivity index (χ0v) is 19.2. The molecule has 0 saturated heterocycles. The predicted octanol–water partition coefficient (Wildman–Crippen LogP) is 3.84. The number of carbonyl (C=O) groups excluding carboxylic acids is 1. The van der Waals surface area contributed by atoms with Gasteiger partial charge < -0.3 is 23.5 Å². The molecule has 160 valence electrons. The van der Waals surface area contributed by atoms with E-state index in [1.54, 1.807) is 51.3 Å². The molecule has 2 aromatic carbocycles. The largest absolute Gasteiger partial charge is 0.497 e. The highest BCUT2D eigenvalue weighted by atomic mass is 32.2. The third-order valence-electron chi connectivity index (χ3n) is 4.54. The van der Waals surface area contributed by atoms with E-state index in [9.17, 15) is 4.79 Å². The van der Waals surface area contributed by atoms with Gasteiger partial charge in [-0.2, -0.15) is 16.8 Å². The van der Waals surface area contributed by atoms with E-state index < -0.39 is 5.91 Å². The van der Waals surface area contributed by atoms with Gasteiger partial charge in [0.2, 0.25) is 0 Å². The fourth-order valence-electron chi connectivity index (χ4n) is 3.01. The van der Waals surface area contributed by atoms with Crippen LogP contribution in [0.2, 0.25) is 0 Å². The SMILES string of the molecule is COc1ccc(OC)c(C(=O)N=c2sc3cc(OC)c(OC)cc3n2CCSC)c1. The highest BCUT2D eigenvalue weighted by Crippen LogP contribution is 2.33. The van der Waals surface area contributed by atoms with E-state index in [0.717, 1.165) is 16.0 Å². The summed E-state index contributed by atoms with van der Waals surface area (Å²) in [6.07, 6.45) is 2.04. The minimum Gasteiger partial charge on any atom is -0.497 e. The summed E-state index contributed by atoms with van der Waals surface area (Å²) in [5.74, 6) is 2.77. The standard InChI is InChI=1S/C21H24N2O5S2/c1-25-13-6-7-16(26-2)14(10-13)20(24)22-21-23(8-9-29-5)15-11-17(27-3)18(28-4)12-19(15)30-21/h6-7,10-12H,8-9H2,1-5H3. The van der Waals surface area contributed by atoms with E-state index in [-0.39, 0.29) is 0 Å². The number of amides is 1. The lowest BCUT2D eigenvalue weighted by molar-refractivity contribution is 0.0994. The Balaban J connectivity index is 2.18. The van der Waals surface area contributed by atoms with Crippen LogP contribution in [0.25, 0.3) is 10.2 Å². The zero-order valence-electron chi connectivity index (χ0n) is 17.6. The number of hydrogen-bond donors (Lipinski definition) is 0. The number of nitrogens with zero attached hydrogens (tertiary/aromatic N) is 2. The fraction of sp³-hybridized carbons (Fsp3) is 0.333. The van der Waals surface area contributed by atoms with Crippen LogP contribution >= 0.6 is 23.1 Å². The molecule has 1 aromatic heterocycles. The molecule has 30 heavy (non-hydrogen) atoms. The van der Waals surface area contributed by atoms with Gasteiger partial charge in [-0.1, -0.05) is 11.3 Å². The molecular formula is C21H24N2O5S2. The molecule has 0 N–H and O–H groups in total. The van der Waals surface area contributed by atoms with Crippen LogP contribution in [0, 0.1) is 0 Å². The summed E-state index contributed by atoms with van der Waals surface area (Å²) < 4.78 is 24.5. The van der Waals surface area contributed by atoms with Gasteiger partial charge in [-0.05, 0) is 24.5 Å². The van der Waals surface area contributed by atoms with Crippen molar-refractivity contribution in [3.63, 3.8) is 0 Å². The molecule has 0 atom stereocenters. The lowest BCUT2D eigenvalue weighted by atomic mass is 10.2. The molecule has 0 unspecified atom stereocenters. The molecule has 0 radical (unpaired) electrons. The second-order valence-corrected chi connectivity index (χ2v) is 8.18. The van der Waals surface area contributed by atoms with Crippen molar-refractivity contribution in [2.45, 2.75) is 6.54 Å². The topological polar surface area (TPSA) is 71.3 Å². The predicted molar refractivity (Wildman–Crippen MR) is 121 cm³/mol. The van der Waals surface area contributed by atoms with Crippen LogP contribution in [-0.4, -0.2) is 50.9 Å². The van der Waals surface area contributed by atoms with Crippen LogP contribution < -0.4 is 23.7 Å². The van der Waals surface area contributed by atoms with Crippen LogP contribution in [0.3, 0.4) is 0 Å². The maximum atomic E-state index is 13.0. The van der Waals surface area contributed by atoms with Crippen LogP contribution in [0.5, 0.6) is 23.0 Å². The summed E-state index contributed by atoms with van der Waals surface area (Å²) in [5, 5.41) is 0. The third kappa shape index (κ3) is 4.41. The maximum Gasteiger partial charge on any atom is 0.283 e. The minimum absolute atomic E-state index is 0.348. The number of thioether (sulfide) groups is 1. The number of rotatable bonds is 8. The van der Waals surface area contributed by atoms with Gasteiger partial charge in [0.25, 0.3) is 5.91 Å². The molecule has 3 aromatic rings. The molecule has 0 spiro atoms. The Bertz CT molecular complexity index is 1120. The molecule has 1 heterocycles. The van der Waals surface area contributed by atoms with Gasteiger partial charge in [0, 0.05) is 24.4 Å². The second-order valence-electron chi connectivity index (χ2n) is 6.19. The minimum atomic E-state index is -0.394. The Labute approximate surface area is 183 Å². The molecule has 9 heteroatoms. The lowest BCUT2D eigenvalue weighted by Crippen LogP contribution is -2.18. The lowest BCUT2D eigenvalue weighted by Gasteiger charge is -2.09. The van der Waals surface area contributed by atoms with Gasteiger partial charge in [0.15, 0.2) is 16.3 Å². The Morgan fingerprint density at radius 1 is 1.00 bits per heavy atom. The number of benzene rings is 2. The van der Waals surface area contributed by atoms with Gasteiger partial charge in [-0.25, -0.2) is 0 Å². The monoisotopic (exact) mass is 448 g/mol. The highest BCUT2D eigenvalue weighted by Gasteiger charge is 2.16. The number of aryl methyl sites for hydroxylation is 1. The van der Waals surface area contributed by atoms with Crippen LogP contribution in [0.15, 0.2) is 35.3 Å². The van der Waals surface area contributed by atoms with Crippen LogP contribution in [0.1, 0.15) is 10.4 Å². The summed E-state index contributed by atoms with van der Waals surface area (Å²) in [6, 6.07) is 8.90. The number of hydrogen-bond acceptors (Lipinski definition) is 7. The van der Waals surface area contributed by atoms with Crippen molar-refractivity contribution in [2.75, 3.05) is 40.4 Å². The average molecular weight is 449 g/mol. The van der Waals surface area contributed by atoms with Crippen molar-refractivity contribution in [3.8, 4) is 23.0 Å². The average Bonchev–Trinajstić information content (AvgIpc) is 3.11. The maximum absolute atomic E-state index is 13.0. The smallest absolute Gasteiger partial charge is 0.283 e. The van der Waals surface area contributed by atoms with E-state index in [1.807, 2.05) is 23.0 Å². The summed E-state index contributed by atoms with van der Waals surface area (Å²) in [5.41, 5.74) is 1.29. The Hall–Kier alpha value is -2.65. The molecule has 7 nitrogen and oxygen atoms in total. The van der Waals surface area contributed by atoms with Gasteiger partial charge in [-0.3, -0.25) is 4.79 Å². The first-order chi connectivity index (χ1) is 14.6. The molecular weight excluding hydrogens is 424 g/mol. The number of thiazole rings is 1. The van der Waals surface area contributed by atoms with Crippen molar-refractivity contribution in [3.05, 3.63) is 40.7 Å². The quantitative estimate of drug-likeness (QED) is 0.521. The normalized spacial score (nSPS) is 11.6. The van der Waals surface area contributed by atoms with Crippen LogP contribution in [0.4, 0.5) is 0 Å². The van der Waals surface area contributed by atoms with Crippen molar-refractivity contribution < 1.29 is 23.7 Å². The molecule has 1 amide bonds. The molecule has 0 saturated carbocycles. The van der Waals surface area contributed by atoms with E-state index in [0.29, 0.717) is 39.9 Å². The summed E-state index contributed by atoms with van der Waals surface area (Å²) in [4.78, 5) is 18.1. The number of methoxy groups -OCH3 is 4. The Morgan fingerprint density at radius 2 is 1.70 bits per heavy atom. The third-order valence-corrected chi connectivity index (χ3v) is 6.17. The first-order valence-corrected chi connectivity index (χ1v) is 11.3. The first-order valence-electron chi connectivity index (χ1n) is 9.11. The number of carbonyl (C=O) groups is 1. The highest BCUT2D eigenvalue weighted by molar-refractivity contribution is 7.98. The van der Waals surface area contributed by atoms with E-state index >= 15 is 0 Å². The van der Waals surface area contributed by atoms with E-state index in [4.69, 9.17) is 18.9 Å². The number of aromatic nitrogens is 1. The molecule has 0 bridgehead atoms. The fourth-order valence-corrected chi connectivity index (χ4v) is 4.44. The number of ether oxygens (including phenoxy) is 4. The van der Waals surface area contributed by atoms with Crippen LogP contribution in [-0.2, 0) is 6.54 Å².